The molecule has 1 saturated heterocycles. The minimum atomic E-state index is 0.0621. The van der Waals surface area contributed by atoms with Crippen molar-refractivity contribution >= 4 is 17.6 Å². The van der Waals surface area contributed by atoms with E-state index in [2.05, 4.69) is 27.4 Å². The average Bonchev–Trinajstić information content (AvgIpc) is 3.05. The number of aromatic nitrogens is 2. The van der Waals surface area contributed by atoms with Crippen LogP contribution in [-0.4, -0.2) is 98.0 Å². The van der Waals surface area contributed by atoms with Crippen molar-refractivity contribution in [2.24, 2.45) is 12.0 Å². The number of anilines is 1. The Labute approximate surface area is 155 Å². The summed E-state index contributed by atoms with van der Waals surface area (Å²) in [7, 11) is 5.61. The third kappa shape index (κ3) is 5.70. The fourth-order valence-corrected chi connectivity index (χ4v) is 2.79. The van der Waals surface area contributed by atoms with Crippen molar-refractivity contribution in [1.29, 1.82) is 0 Å². The van der Waals surface area contributed by atoms with Crippen LogP contribution in [0.25, 0.3) is 0 Å². The molecule has 2 rings (SSSR count). The topological polar surface area (TPSA) is 78.2 Å². The molecular weight excluding hydrogens is 334 g/mol. The molecule has 1 amide bonds. The van der Waals surface area contributed by atoms with E-state index < -0.39 is 0 Å². The zero-order valence-electron chi connectivity index (χ0n) is 16.3. The summed E-state index contributed by atoms with van der Waals surface area (Å²) in [5.41, 5.74) is 0.846. The highest BCUT2D eigenvalue weighted by molar-refractivity contribution is 5.98. The van der Waals surface area contributed by atoms with Crippen LogP contribution in [0.1, 0.15) is 6.92 Å². The zero-order valence-corrected chi connectivity index (χ0v) is 16.3. The summed E-state index contributed by atoms with van der Waals surface area (Å²) in [6.07, 6.45) is 3.59. The SMILES string of the molecule is CCNC(=NCCN(C)CCOC)N1CCN(c2cnn(C)c2)C(=O)C1. The second kappa shape index (κ2) is 10.1. The molecule has 0 unspecified atom stereocenters. The first-order valence-corrected chi connectivity index (χ1v) is 9.05. The van der Waals surface area contributed by atoms with Gasteiger partial charge in [0.2, 0.25) is 5.91 Å². The van der Waals surface area contributed by atoms with Crippen molar-refractivity contribution in [2.75, 3.05) is 71.5 Å². The van der Waals surface area contributed by atoms with E-state index in [-0.39, 0.29) is 5.91 Å². The minimum absolute atomic E-state index is 0.0621. The van der Waals surface area contributed by atoms with E-state index in [1.807, 2.05) is 25.1 Å². The Morgan fingerprint density at radius 3 is 2.85 bits per heavy atom. The van der Waals surface area contributed by atoms with Crippen molar-refractivity contribution in [3.63, 3.8) is 0 Å². The number of nitrogens with zero attached hydrogens (tertiary/aromatic N) is 6. The third-order valence-electron chi connectivity index (χ3n) is 4.28. The zero-order chi connectivity index (χ0) is 18.9. The van der Waals surface area contributed by atoms with E-state index in [0.717, 1.165) is 37.8 Å². The number of ether oxygens (including phenoxy) is 1. The van der Waals surface area contributed by atoms with Gasteiger partial charge in [0.15, 0.2) is 5.96 Å². The van der Waals surface area contributed by atoms with E-state index in [4.69, 9.17) is 4.74 Å². The van der Waals surface area contributed by atoms with Crippen molar-refractivity contribution in [2.45, 2.75) is 6.92 Å². The Hall–Kier alpha value is -2.13. The monoisotopic (exact) mass is 365 g/mol. The molecule has 1 aliphatic heterocycles. The lowest BCUT2D eigenvalue weighted by molar-refractivity contribution is -0.120. The number of aliphatic imine (C=N–C) groups is 1. The number of hydrogen-bond acceptors (Lipinski definition) is 5. The van der Waals surface area contributed by atoms with Gasteiger partial charge in [0.1, 0.15) is 6.54 Å². The number of likely N-dealkylation sites (N-methyl/N-ethyl adjacent to an activating group) is 1. The van der Waals surface area contributed by atoms with Crippen LogP contribution in [0.3, 0.4) is 0 Å². The highest BCUT2D eigenvalue weighted by Gasteiger charge is 2.27. The Morgan fingerprint density at radius 1 is 1.42 bits per heavy atom. The van der Waals surface area contributed by atoms with Crippen LogP contribution in [-0.2, 0) is 16.6 Å². The van der Waals surface area contributed by atoms with Gasteiger partial charge in [0, 0.05) is 53.1 Å². The van der Waals surface area contributed by atoms with Crippen LogP contribution in [0.15, 0.2) is 17.4 Å². The smallest absolute Gasteiger partial charge is 0.246 e. The highest BCUT2D eigenvalue weighted by Crippen LogP contribution is 2.16. The molecule has 0 saturated carbocycles. The van der Waals surface area contributed by atoms with Crippen LogP contribution < -0.4 is 10.2 Å². The van der Waals surface area contributed by atoms with Crippen LogP contribution in [0.2, 0.25) is 0 Å². The molecule has 9 heteroatoms. The van der Waals surface area contributed by atoms with E-state index in [9.17, 15) is 4.79 Å². The molecule has 9 nitrogen and oxygen atoms in total. The normalized spacial score (nSPS) is 15.9. The van der Waals surface area contributed by atoms with Gasteiger partial charge in [-0.15, -0.1) is 0 Å². The van der Waals surface area contributed by atoms with Crippen molar-refractivity contribution in [3.05, 3.63) is 12.4 Å². The predicted octanol–water partition coefficient (Wildman–Crippen LogP) is -0.388. The number of guanidine groups is 1. The summed E-state index contributed by atoms with van der Waals surface area (Å²) in [5, 5.41) is 7.44. The molecule has 1 fully saturated rings. The van der Waals surface area contributed by atoms with Crippen LogP contribution in [0.5, 0.6) is 0 Å². The number of piperazine rings is 1. The summed E-state index contributed by atoms with van der Waals surface area (Å²) in [6.45, 7) is 7.62. The van der Waals surface area contributed by atoms with Crippen molar-refractivity contribution < 1.29 is 9.53 Å². The van der Waals surface area contributed by atoms with Gasteiger partial charge in [-0.25, -0.2) is 0 Å². The number of nitrogens with one attached hydrogen (secondary N) is 1. The molecule has 0 spiro atoms. The summed E-state index contributed by atoms with van der Waals surface area (Å²) >= 11 is 0. The van der Waals surface area contributed by atoms with E-state index in [1.54, 1.807) is 22.9 Å². The first-order chi connectivity index (χ1) is 12.5. The lowest BCUT2D eigenvalue weighted by Gasteiger charge is -2.35. The van der Waals surface area contributed by atoms with Gasteiger partial charge >= 0.3 is 0 Å². The first kappa shape index (κ1) is 20.2. The molecular formula is C17H31N7O2. The standard InChI is InChI=1S/C17H31N7O2/c1-5-18-17(19-6-7-21(2)10-11-26-4)23-8-9-24(16(25)14-23)15-12-20-22(3)13-15/h12-13H,5-11,14H2,1-4H3,(H,18,19). The Morgan fingerprint density at radius 2 is 2.23 bits per heavy atom. The van der Waals surface area contributed by atoms with Gasteiger partial charge in [0.05, 0.1) is 25.0 Å². The molecule has 0 radical (unpaired) electrons. The lowest BCUT2D eigenvalue weighted by Crippen LogP contribution is -2.55. The van der Waals surface area contributed by atoms with Crippen LogP contribution in [0, 0.1) is 0 Å². The fraction of sp³-hybridized carbons (Fsp3) is 0.706. The summed E-state index contributed by atoms with van der Waals surface area (Å²) in [5.74, 6) is 0.860. The van der Waals surface area contributed by atoms with Gasteiger partial charge in [-0.05, 0) is 14.0 Å². The number of hydrogen-bond donors (Lipinski definition) is 1. The highest BCUT2D eigenvalue weighted by atomic mass is 16.5. The first-order valence-electron chi connectivity index (χ1n) is 9.05. The van der Waals surface area contributed by atoms with Crippen LogP contribution >= 0.6 is 0 Å². The molecule has 1 aliphatic rings. The molecule has 0 bridgehead atoms. The summed E-state index contributed by atoms with van der Waals surface area (Å²) in [4.78, 5) is 23.2. The van der Waals surface area contributed by atoms with Crippen molar-refractivity contribution in [3.8, 4) is 0 Å². The Balaban J connectivity index is 1.91. The van der Waals surface area contributed by atoms with E-state index in [1.165, 1.54) is 0 Å². The second-order valence-corrected chi connectivity index (χ2v) is 6.37. The number of rotatable bonds is 8. The number of carbonyl (C=O) groups is 1. The molecule has 26 heavy (non-hydrogen) atoms. The maximum Gasteiger partial charge on any atom is 0.246 e. The second-order valence-electron chi connectivity index (χ2n) is 6.37. The van der Waals surface area contributed by atoms with Crippen molar-refractivity contribution in [1.82, 2.24) is 24.9 Å². The largest absolute Gasteiger partial charge is 0.383 e. The maximum atomic E-state index is 12.6. The number of aryl methyl sites for hydroxylation is 1. The molecule has 2 heterocycles. The maximum absolute atomic E-state index is 12.6. The average molecular weight is 365 g/mol. The lowest BCUT2D eigenvalue weighted by atomic mass is 10.3. The van der Waals surface area contributed by atoms with Gasteiger partial charge in [-0.3, -0.25) is 14.5 Å². The summed E-state index contributed by atoms with van der Waals surface area (Å²) < 4.78 is 6.80. The summed E-state index contributed by atoms with van der Waals surface area (Å²) in [6, 6.07) is 0. The molecule has 0 aliphatic carbocycles. The molecule has 1 N–H and O–H groups in total. The van der Waals surface area contributed by atoms with Gasteiger partial charge < -0.3 is 24.8 Å². The van der Waals surface area contributed by atoms with Crippen LogP contribution in [0.4, 0.5) is 5.69 Å². The van der Waals surface area contributed by atoms with E-state index in [0.29, 0.717) is 26.2 Å². The third-order valence-corrected chi connectivity index (χ3v) is 4.28. The van der Waals surface area contributed by atoms with Gasteiger partial charge in [0.25, 0.3) is 0 Å². The number of methoxy groups -OCH3 is 1. The Bertz CT molecular complexity index is 602. The van der Waals surface area contributed by atoms with Gasteiger partial charge in [-0.2, -0.15) is 5.10 Å². The molecule has 146 valence electrons. The molecule has 1 aromatic rings. The molecule has 0 aromatic carbocycles. The quantitative estimate of drug-likeness (QED) is 0.500. The molecule has 0 atom stereocenters. The fourth-order valence-electron chi connectivity index (χ4n) is 2.79. The number of carbonyl (C=O) groups excluding carboxylic acids is 1. The Kier molecular flexibility index (Phi) is 7.86. The molecule has 1 aromatic heterocycles. The predicted molar refractivity (Wildman–Crippen MR) is 102 cm³/mol. The van der Waals surface area contributed by atoms with Gasteiger partial charge in [-0.1, -0.05) is 0 Å². The number of amides is 1. The minimum Gasteiger partial charge on any atom is -0.383 e. The van der Waals surface area contributed by atoms with E-state index >= 15 is 0 Å².